The van der Waals surface area contributed by atoms with Crippen LogP contribution < -0.4 is 10.6 Å². The van der Waals surface area contributed by atoms with Crippen LogP contribution in [0.5, 0.6) is 0 Å². The Bertz CT molecular complexity index is 1260. The van der Waals surface area contributed by atoms with Crippen molar-refractivity contribution < 1.29 is 9.59 Å². The number of hydrogen-bond acceptors (Lipinski definition) is 5. The minimum atomic E-state index is -0.137. The zero-order valence-electron chi connectivity index (χ0n) is 17.9. The van der Waals surface area contributed by atoms with Crippen LogP contribution in [0.25, 0.3) is 16.6 Å². The topological polar surface area (TPSA) is 105 Å². The fourth-order valence-corrected chi connectivity index (χ4v) is 4.34. The first-order valence-corrected chi connectivity index (χ1v) is 11.2. The van der Waals surface area contributed by atoms with Gasteiger partial charge in [0.1, 0.15) is 5.82 Å². The summed E-state index contributed by atoms with van der Waals surface area (Å²) in [6.07, 6.45) is 2.75. The van der Waals surface area contributed by atoms with Gasteiger partial charge in [-0.1, -0.05) is 36.0 Å². The lowest BCUT2D eigenvalue weighted by Gasteiger charge is -2.10. The lowest BCUT2D eigenvalue weighted by atomic mass is 10.1. The molecular formula is C23H24N6O2S. The molecule has 0 aliphatic rings. The van der Waals surface area contributed by atoms with Gasteiger partial charge in [-0.25, -0.2) is 0 Å². The van der Waals surface area contributed by atoms with Gasteiger partial charge in [0.15, 0.2) is 5.16 Å². The fourth-order valence-electron chi connectivity index (χ4n) is 3.52. The summed E-state index contributed by atoms with van der Waals surface area (Å²) in [6.45, 7) is 3.88. The fraction of sp³-hybridized carbons (Fsp3) is 0.217. The highest BCUT2D eigenvalue weighted by molar-refractivity contribution is 7.99. The van der Waals surface area contributed by atoms with Crippen LogP contribution in [0, 0.1) is 6.92 Å². The summed E-state index contributed by atoms with van der Waals surface area (Å²) in [7, 11) is 0. The highest BCUT2D eigenvalue weighted by Crippen LogP contribution is 2.24. The van der Waals surface area contributed by atoms with Crippen molar-refractivity contribution in [2.45, 2.75) is 25.4 Å². The third-order valence-corrected chi connectivity index (χ3v) is 5.87. The number of carbonyl (C=O) groups is 2. The van der Waals surface area contributed by atoms with Gasteiger partial charge in [0.25, 0.3) is 0 Å². The Morgan fingerprint density at radius 1 is 1.12 bits per heavy atom. The molecule has 0 spiro atoms. The maximum atomic E-state index is 12.4. The molecule has 0 radical (unpaired) electrons. The van der Waals surface area contributed by atoms with Crippen molar-refractivity contribution in [2.24, 2.45) is 0 Å². The molecule has 0 fully saturated rings. The molecule has 0 atom stereocenters. The van der Waals surface area contributed by atoms with E-state index in [2.05, 4.69) is 31.9 Å². The maximum absolute atomic E-state index is 12.4. The van der Waals surface area contributed by atoms with Gasteiger partial charge in [0.05, 0.1) is 11.4 Å². The van der Waals surface area contributed by atoms with Crippen LogP contribution in [-0.4, -0.2) is 43.9 Å². The minimum Gasteiger partial charge on any atom is -0.361 e. The number of anilines is 1. The molecule has 2 aromatic heterocycles. The SMILES string of the molecule is CC(=O)Nc1cccc(-n2c(C)nnc2SCC(=O)NCCc2c[nH]c3ccccc23)c1. The second-order valence-electron chi connectivity index (χ2n) is 7.34. The van der Waals surface area contributed by atoms with Crippen LogP contribution in [0.3, 0.4) is 0 Å². The van der Waals surface area contributed by atoms with E-state index in [9.17, 15) is 9.59 Å². The second-order valence-corrected chi connectivity index (χ2v) is 8.29. The van der Waals surface area contributed by atoms with Gasteiger partial charge >= 0.3 is 0 Å². The van der Waals surface area contributed by atoms with E-state index in [0.717, 1.165) is 17.6 Å². The zero-order valence-corrected chi connectivity index (χ0v) is 18.7. The van der Waals surface area contributed by atoms with Crippen molar-refractivity contribution in [3.8, 4) is 5.69 Å². The quantitative estimate of drug-likeness (QED) is 0.358. The smallest absolute Gasteiger partial charge is 0.230 e. The molecule has 0 aliphatic carbocycles. The Labute approximate surface area is 189 Å². The standard InChI is InChI=1S/C23H24N6O2S/c1-15-27-28-23(29(15)19-7-5-6-18(12-19)26-16(2)30)32-14-22(31)24-11-10-17-13-25-21-9-4-3-8-20(17)21/h3-9,12-13,25H,10-11,14H2,1-2H3,(H,24,31)(H,26,30). The Morgan fingerprint density at radius 2 is 1.97 bits per heavy atom. The molecule has 32 heavy (non-hydrogen) atoms. The molecule has 0 saturated carbocycles. The average Bonchev–Trinajstić information content (AvgIpc) is 3.35. The van der Waals surface area contributed by atoms with Crippen molar-refractivity contribution in [2.75, 3.05) is 17.6 Å². The van der Waals surface area contributed by atoms with E-state index in [4.69, 9.17) is 0 Å². The molecule has 0 saturated heterocycles. The summed E-state index contributed by atoms with van der Waals surface area (Å²) in [5.74, 6) is 0.736. The lowest BCUT2D eigenvalue weighted by Crippen LogP contribution is -2.27. The molecule has 164 valence electrons. The second kappa shape index (κ2) is 9.69. The van der Waals surface area contributed by atoms with Crippen LogP contribution in [0.4, 0.5) is 5.69 Å². The highest BCUT2D eigenvalue weighted by Gasteiger charge is 2.14. The number of thioether (sulfide) groups is 1. The number of rotatable bonds is 8. The lowest BCUT2D eigenvalue weighted by molar-refractivity contribution is -0.118. The predicted octanol–water partition coefficient (Wildman–Crippen LogP) is 3.47. The minimum absolute atomic E-state index is 0.0611. The van der Waals surface area contributed by atoms with Gasteiger partial charge in [-0.3, -0.25) is 14.2 Å². The molecule has 2 amide bonds. The third kappa shape index (κ3) is 5.00. The molecule has 8 nitrogen and oxygen atoms in total. The van der Waals surface area contributed by atoms with Gasteiger partial charge in [0, 0.05) is 36.3 Å². The predicted molar refractivity (Wildman–Crippen MR) is 126 cm³/mol. The van der Waals surface area contributed by atoms with Gasteiger partial charge in [-0.05, 0) is 43.2 Å². The summed E-state index contributed by atoms with van der Waals surface area (Å²) in [4.78, 5) is 27.0. The summed E-state index contributed by atoms with van der Waals surface area (Å²) >= 11 is 1.32. The van der Waals surface area contributed by atoms with Crippen LogP contribution in [-0.2, 0) is 16.0 Å². The van der Waals surface area contributed by atoms with Crippen LogP contribution in [0.1, 0.15) is 18.3 Å². The molecule has 3 N–H and O–H groups in total. The summed E-state index contributed by atoms with van der Waals surface area (Å²) in [6, 6.07) is 15.6. The summed E-state index contributed by atoms with van der Waals surface area (Å²) < 4.78 is 1.87. The van der Waals surface area contributed by atoms with Gasteiger partial charge in [0.2, 0.25) is 11.8 Å². The molecule has 4 aromatic rings. The highest BCUT2D eigenvalue weighted by atomic mass is 32.2. The van der Waals surface area contributed by atoms with Crippen molar-refractivity contribution in [3.05, 3.63) is 66.1 Å². The third-order valence-electron chi connectivity index (χ3n) is 4.94. The first kappa shape index (κ1) is 21.6. The average molecular weight is 449 g/mol. The van der Waals surface area contributed by atoms with E-state index in [1.54, 1.807) is 0 Å². The molecule has 0 aliphatic heterocycles. The van der Waals surface area contributed by atoms with Crippen LogP contribution in [0.2, 0.25) is 0 Å². The monoisotopic (exact) mass is 448 g/mol. The first-order chi connectivity index (χ1) is 15.5. The normalized spacial score (nSPS) is 10.9. The van der Waals surface area contributed by atoms with E-state index < -0.39 is 0 Å². The van der Waals surface area contributed by atoms with Crippen molar-refractivity contribution in [3.63, 3.8) is 0 Å². The maximum Gasteiger partial charge on any atom is 0.230 e. The van der Waals surface area contributed by atoms with Crippen molar-refractivity contribution >= 4 is 40.2 Å². The Morgan fingerprint density at radius 3 is 2.81 bits per heavy atom. The van der Waals surface area contributed by atoms with E-state index in [1.165, 1.54) is 29.6 Å². The number of carbonyl (C=O) groups excluding carboxylic acids is 2. The number of para-hydroxylation sites is 1. The van der Waals surface area contributed by atoms with Crippen molar-refractivity contribution in [1.82, 2.24) is 25.1 Å². The number of aromatic amines is 1. The summed E-state index contributed by atoms with van der Waals surface area (Å²) in [5, 5.41) is 15.9. The molecule has 0 unspecified atom stereocenters. The van der Waals surface area contributed by atoms with Crippen molar-refractivity contribution in [1.29, 1.82) is 0 Å². The number of aromatic nitrogens is 4. The number of fused-ring (bicyclic) bond motifs is 1. The number of amides is 2. The zero-order chi connectivity index (χ0) is 22.5. The molecule has 9 heteroatoms. The van der Waals surface area contributed by atoms with E-state index in [0.29, 0.717) is 23.2 Å². The number of hydrogen-bond donors (Lipinski definition) is 3. The number of H-pyrrole nitrogens is 1. The Balaban J connectivity index is 1.35. The molecule has 4 rings (SSSR count). The summed E-state index contributed by atoms with van der Waals surface area (Å²) in [5.41, 5.74) is 3.79. The number of aryl methyl sites for hydroxylation is 1. The van der Waals surface area contributed by atoms with E-state index in [1.807, 2.05) is 60.2 Å². The van der Waals surface area contributed by atoms with Gasteiger partial charge < -0.3 is 15.6 Å². The largest absolute Gasteiger partial charge is 0.361 e. The molecule has 2 aromatic carbocycles. The van der Waals surface area contributed by atoms with Crippen LogP contribution in [0.15, 0.2) is 59.9 Å². The number of nitrogens with zero attached hydrogens (tertiary/aromatic N) is 3. The van der Waals surface area contributed by atoms with Gasteiger partial charge in [-0.2, -0.15) is 0 Å². The molecule has 2 heterocycles. The van der Waals surface area contributed by atoms with E-state index >= 15 is 0 Å². The van der Waals surface area contributed by atoms with E-state index in [-0.39, 0.29) is 17.6 Å². The Hall–Kier alpha value is -3.59. The number of nitrogens with one attached hydrogen (secondary N) is 3. The van der Waals surface area contributed by atoms with Gasteiger partial charge in [-0.15, -0.1) is 10.2 Å². The Kier molecular flexibility index (Phi) is 6.55. The molecular weight excluding hydrogens is 424 g/mol. The van der Waals surface area contributed by atoms with Crippen LogP contribution >= 0.6 is 11.8 Å². The molecule has 0 bridgehead atoms. The first-order valence-electron chi connectivity index (χ1n) is 10.3. The number of benzene rings is 2.